The lowest BCUT2D eigenvalue weighted by atomic mass is 9.83. The zero-order valence-corrected chi connectivity index (χ0v) is 12.8. The summed E-state index contributed by atoms with van der Waals surface area (Å²) in [5.74, 6) is -0.00317. The van der Waals surface area contributed by atoms with E-state index < -0.39 is 0 Å². The van der Waals surface area contributed by atoms with E-state index in [1.54, 1.807) is 12.1 Å². The van der Waals surface area contributed by atoms with Crippen LogP contribution in [0.1, 0.15) is 39.0 Å². The van der Waals surface area contributed by atoms with Gasteiger partial charge in [-0.25, -0.2) is 0 Å². The van der Waals surface area contributed by atoms with Gasteiger partial charge >= 0.3 is 0 Å². The highest BCUT2D eigenvalue weighted by Crippen LogP contribution is 2.40. The van der Waals surface area contributed by atoms with Crippen molar-refractivity contribution in [2.24, 2.45) is 5.41 Å². The maximum absolute atomic E-state index is 11.9. The number of nitrogens with one attached hydrogen (secondary N) is 2. The van der Waals surface area contributed by atoms with Crippen molar-refractivity contribution in [1.29, 1.82) is 0 Å². The molecule has 1 aromatic carbocycles. The van der Waals surface area contributed by atoms with Gasteiger partial charge in [0.2, 0.25) is 5.91 Å². The van der Waals surface area contributed by atoms with Gasteiger partial charge in [-0.2, -0.15) is 0 Å². The Balaban J connectivity index is 1.73. The van der Waals surface area contributed by atoms with Gasteiger partial charge in [0.1, 0.15) is 0 Å². The Kier molecular flexibility index (Phi) is 5.44. The molecule has 1 aliphatic carbocycles. The summed E-state index contributed by atoms with van der Waals surface area (Å²) in [5, 5.41) is 6.85. The van der Waals surface area contributed by atoms with Crippen molar-refractivity contribution in [3.63, 3.8) is 0 Å². The minimum Gasteiger partial charge on any atom is -0.325 e. The maximum atomic E-state index is 11.9. The number of rotatable bonds is 6. The number of halogens is 1. The van der Waals surface area contributed by atoms with Crippen LogP contribution in [0.5, 0.6) is 0 Å². The molecule has 20 heavy (non-hydrogen) atoms. The summed E-state index contributed by atoms with van der Waals surface area (Å²) >= 11 is 5.81. The number of benzene rings is 1. The third-order valence-corrected chi connectivity index (χ3v) is 4.58. The fourth-order valence-corrected chi connectivity index (χ4v) is 3.09. The first-order valence-electron chi connectivity index (χ1n) is 7.40. The van der Waals surface area contributed by atoms with Crippen molar-refractivity contribution in [3.05, 3.63) is 29.3 Å². The van der Waals surface area contributed by atoms with Gasteiger partial charge in [-0.05, 0) is 48.9 Å². The largest absolute Gasteiger partial charge is 0.325 e. The maximum Gasteiger partial charge on any atom is 0.238 e. The molecule has 0 atom stereocenters. The van der Waals surface area contributed by atoms with E-state index in [1.165, 1.54) is 32.1 Å². The Morgan fingerprint density at radius 3 is 2.50 bits per heavy atom. The first kappa shape index (κ1) is 15.3. The molecule has 4 heteroatoms. The van der Waals surface area contributed by atoms with Crippen LogP contribution in [0.15, 0.2) is 24.3 Å². The molecule has 0 aliphatic heterocycles. The molecule has 2 N–H and O–H groups in total. The summed E-state index contributed by atoms with van der Waals surface area (Å²) in [6.07, 6.45) is 6.42. The summed E-state index contributed by atoms with van der Waals surface area (Å²) in [7, 11) is 0. The summed E-state index contributed by atoms with van der Waals surface area (Å²) in [6.45, 7) is 3.56. The number of carbonyl (C=O) groups is 1. The van der Waals surface area contributed by atoms with Crippen LogP contribution in [-0.4, -0.2) is 19.0 Å². The molecular formula is C16H23ClN2O. The third kappa shape index (κ3) is 4.22. The summed E-state index contributed by atoms with van der Waals surface area (Å²) in [6, 6.07) is 7.17. The molecule has 1 saturated carbocycles. The lowest BCUT2D eigenvalue weighted by molar-refractivity contribution is -0.115. The van der Waals surface area contributed by atoms with E-state index in [-0.39, 0.29) is 5.91 Å². The topological polar surface area (TPSA) is 41.1 Å². The molecule has 0 heterocycles. The number of anilines is 1. The number of carbonyl (C=O) groups excluding carboxylic acids is 1. The van der Waals surface area contributed by atoms with Crippen LogP contribution in [0.2, 0.25) is 5.02 Å². The second kappa shape index (κ2) is 7.09. The second-order valence-electron chi connectivity index (χ2n) is 5.72. The zero-order valence-electron chi connectivity index (χ0n) is 12.0. The summed E-state index contributed by atoms with van der Waals surface area (Å²) < 4.78 is 0. The SMILES string of the molecule is CCC1(CNCC(=O)Nc2ccc(Cl)cc2)CCCC1. The van der Waals surface area contributed by atoms with Crippen molar-refractivity contribution in [2.45, 2.75) is 39.0 Å². The smallest absolute Gasteiger partial charge is 0.238 e. The fraction of sp³-hybridized carbons (Fsp3) is 0.562. The van der Waals surface area contributed by atoms with Crippen LogP contribution in [0, 0.1) is 5.41 Å². The first-order chi connectivity index (χ1) is 9.63. The molecule has 1 fully saturated rings. The van der Waals surface area contributed by atoms with Gasteiger partial charge in [0, 0.05) is 17.3 Å². The van der Waals surface area contributed by atoms with E-state index in [4.69, 9.17) is 11.6 Å². The molecule has 1 aliphatic rings. The highest BCUT2D eigenvalue weighted by molar-refractivity contribution is 6.30. The Hall–Kier alpha value is -1.06. The fourth-order valence-electron chi connectivity index (χ4n) is 2.96. The lowest BCUT2D eigenvalue weighted by Gasteiger charge is -2.27. The van der Waals surface area contributed by atoms with Gasteiger partial charge in [-0.1, -0.05) is 31.4 Å². The molecule has 0 bridgehead atoms. The van der Waals surface area contributed by atoms with Gasteiger partial charge in [0.15, 0.2) is 0 Å². The van der Waals surface area contributed by atoms with E-state index in [1.807, 2.05) is 12.1 Å². The summed E-state index contributed by atoms with van der Waals surface area (Å²) in [4.78, 5) is 11.9. The summed E-state index contributed by atoms with van der Waals surface area (Å²) in [5.41, 5.74) is 1.20. The van der Waals surface area contributed by atoms with Crippen LogP contribution >= 0.6 is 11.6 Å². The number of amides is 1. The molecule has 1 aromatic rings. The lowest BCUT2D eigenvalue weighted by Crippen LogP contribution is -2.36. The molecule has 0 radical (unpaired) electrons. The minimum atomic E-state index is -0.00317. The number of hydrogen-bond donors (Lipinski definition) is 2. The highest BCUT2D eigenvalue weighted by atomic mass is 35.5. The molecule has 2 rings (SSSR count). The van der Waals surface area contributed by atoms with Crippen LogP contribution in [-0.2, 0) is 4.79 Å². The average molecular weight is 295 g/mol. The van der Waals surface area contributed by atoms with E-state index in [9.17, 15) is 4.79 Å². The molecule has 0 unspecified atom stereocenters. The predicted octanol–water partition coefficient (Wildman–Crippen LogP) is 3.84. The molecular weight excluding hydrogens is 272 g/mol. The van der Waals surface area contributed by atoms with E-state index in [2.05, 4.69) is 17.6 Å². The normalized spacial score (nSPS) is 17.1. The molecule has 0 aromatic heterocycles. The average Bonchev–Trinajstić information content (AvgIpc) is 2.91. The van der Waals surface area contributed by atoms with Gasteiger partial charge < -0.3 is 10.6 Å². The molecule has 110 valence electrons. The Morgan fingerprint density at radius 2 is 1.90 bits per heavy atom. The molecule has 0 saturated heterocycles. The van der Waals surface area contributed by atoms with Crippen LogP contribution in [0.4, 0.5) is 5.69 Å². The van der Waals surface area contributed by atoms with Gasteiger partial charge in [-0.15, -0.1) is 0 Å². The first-order valence-corrected chi connectivity index (χ1v) is 7.77. The van der Waals surface area contributed by atoms with Gasteiger partial charge in [0.25, 0.3) is 0 Å². The molecule has 3 nitrogen and oxygen atoms in total. The monoisotopic (exact) mass is 294 g/mol. The van der Waals surface area contributed by atoms with Gasteiger partial charge in [-0.3, -0.25) is 4.79 Å². The van der Waals surface area contributed by atoms with Crippen molar-refractivity contribution in [1.82, 2.24) is 5.32 Å². The zero-order chi connectivity index (χ0) is 14.4. The quantitative estimate of drug-likeness (QED) is 0.837. The standard InChI is InChI=1S/C16H23ClN2O/c1-2-16(9-3-4-10-16)12-18-11-15(20)19-14-7-5-13(17)6-8-14/h5-8,18H,2-4,9-12H2,1H3,(H,19,20). The predicted molar refractivity (Wildman–Crippen MR) is 84.1 cm³/mol. The van der Waals surface area contributed by atoms with Crippen molar-refractivity contribution in [2.75, 3.05) is 18.4 Å². The van der Waals surface area contributed by atoms with Crippen molar-refractivity contribution < 1.29 is 4.79 Å². The van der Waals surface area contributed by atoms with Crippen molar-refractivity contribution in [3.8, 4) is 0 Å². The Morgan fingerprint density at radius 1 is 1.25 bits per heavy atom. The number of hydrogen-bond acceptors (Lipinski definition) is 2. The third-order valence-electron chi connectivity index (χ3n) is 4.33. The molecule has 1 amide bonds. The van der Waals surface area contributed by atoms with Crippen LogP contribution < -0.4 is 10.6 Å². The van der Waals surface area contributed by atoms with E-state index >= 15 is 0 Å². The van der Waals surface area contributed by atoms with Gasteiger partial charge in [0.05, 0.1) is 6.54 Å². The minimum absolute atomic E-state index is 0.00317. The van der Waals surface area contributed by atoms with Crippen molar-refractivity contribution >= 4 is 23.2 Å². The van der Waals surface area contributed by atoms with E-state index in [0.29, 0.717) is 17.0 Å². The van der Waals surface area contributed by atoms with Crippen LogP contribution in [0.3, 0.4) is 0 Å². The molecule has 0 spiro atoms. The van der Waals surface area contributed by atoms with Crippen LogP contribution in [0.25, 0.3) is 0 Å². The van der Waals surface area contributed by atoms with E-state index in [0.717, 1.165) is 12.2 Å². The Labute approximate surface area is 126 Å². The highest BCUT2D eigenvalue weighted by Gasteiger charge is 2.31. The Bertz CT molecular complexity index is 438. The second-order valence-corrected chi connectivity index (χ2v) is 6.16.